The van der Waals surface area contributed by atoms with Gasteiger partial charge in [0.05, 0.1) is 28.6 Å². The van der Waals surface area contributed by atoms with Gasteiger partial charge in [-0.3, -0.25) is 9.52 Å². The fraction of sp³-hybridized carbons (Fsp3) is 0.438. The molecule has 1 spiro atoms. The molecule has 0 aromatic heterocycles. The zero-order valence-electron chi connectivity index (χ0n) is 13.2. The van der Waals surface area contributed by atoms with Crippen LogP contribution in [-0.2, 0) is 10.0 Å². The highest BCUT2D eigenvalue weighted by molar-refractivity contribution is 7.95. The fourth-order valence-corrected chi connectivity index (χ4v) is 3.93. The second-order valence-corrected chi connectivity index (χ2v) is 8.08. The van der Waals surface area contributed by atoms with E-state index in [-0.39, 0.29) is 0 Å². The molecule has 1 aliphatic carbocycles. The minimum Gasteiger partial charge on any atom is -0.515 e. The maximum Gasteiger partial charge on any atom is 0.258 e. The number of amides is 1. The molecule has 24 heavy (non-hydrogen) atoms. The van der Waals surface area contributed by atoms with Crippen molar-refractivity contribution in [3.05, 3.63) is 35.4 Å². The number of hydrogen-bond donors (Lipinski definition) is 3. The second kappa shape index (κ2) is 6.01. The number of benzene rings is 1. The van der Waals surface area contributed by atoms with Gasteiger partial charge in [-0.2, -0.15) is 0 Å². The van der Waals surface area contributed by atoms with Crippen molar-refractivity contribution in [2.24, 2.45) is 11.1 Å². The number of rotatable bonds is 5. The zero-order chi connectivity index (χ0) is 17.4. The molecule has 4 N–H and O–H groups in total. The van der Waals surface area contributed by atoms with E-state index in [1.807, 2.05) is 0 Å². The molecule has 2 fully saturated rings. The molecule has 8 heteroatoms. The van der Waals surface area contributed by atoms with Crippen molar-refractivity contribution in [1.82, 2.24) is 0 Å². The first-order chi connectivity index (χ1) is 11.3. The smallest absolute Gasteiger partial charge is 0.258 e. The summed E-state index contributed by atoms with van der Waals surface area (Å²) in [5.41, 5.74) is 7.30. The SMILES string of the molecule is NC(=O)c1ccc(NS(=O)(=O)C=CO)cc1N1CCC2(CC1)CC2. The predicted molar refractivity (Wildman–Crippen MR) is 92.4 cm³/mol. The Morgan fingerprint density at radius 1 is 1.25 bits per heavy atom. The molecule has 1 heterocycles. The van der Waals surface area contributed by atoms with Crippen LogP contribution in [0.3, 0.4) is 0 Å². The minimum absolute atomic E-state index is 0.319. The first-order valence-electron chi connectivity index (χ1n) is 7.87. The number of hydrogen-bond acceptors (Lipinski definition) is 5. The van der Waals surface area contributed by atoms with Crippen LogP contribution in [0.2, 0.25) is 0 Å². The summed E-state index contributed by atoms with van der Waals surface area (Å²) in [4.78, 5) is 13.8. The van der Waals surface area contributed by atoms with Crippen LogP contribution in [0.5, 0.6) is 0 Å². The van der Waals surface area contributed by atoms with Gasteiger partial charge in [0.2, 0.25) is 0 Å². The Balaban J connectivity index is 1.87. The van der Waals surface area contributed by atoms with Crippen molar-refractivity contribution >= 4 is 27.3 Å². The number of aliphatic hydroxyl groups is 1. The third-order valence-corrected chi connectivity index (χ3v) is 5.89. The van der Waals surface area contributed by atoms with E-state index in [1.54, 1.807) is 6.07 Å². The van der Waals surface area contributed by atoms with E-state index >= 15 is 0 Å². The van der Waals surface area contributed by atoms with Crippen LogP contribution >= 0.6 is 0 Å². The first kappa shape index (κ1) is 16.6. The van der Waals surface area contributed by atoms with Crippen LogP contribution in [-0.4, -0.2) is 32.5 Å². The molecule has 1 aromatic carbocycles. The van der Waals surface area contributed by atoms with Gasteiger partial charge < -0.3 is 15.7 Å². The van der Waals surface area contributed by atoms with E-state index in [9.17, 15) is 13.2 Å². The highest BCUT2D eigenvalue weighted by Crippen LogP contribution is 2.54. The zero-order valence-corrected chi connectivity index (χ0v) is 14.1. The standard InChI is InChI=1S/C16H21N3O4S/c17-15(21)13-2-1-12(18-24(22,23)10-9-20)11-14(13)19-7-5-16(3-4-16)6-8-19/h1-2,9-11,18,20H,3-8H2,(H2,17,21). The number of primary amides is 1. The van der Waals surface area contributed by atoms with Crippen LogP contribution in [0.4, 0.5) is 11.4 Å². The number of anilines is 2. The normalized spacial score (nSPS) is 19.6. The number of sulfonamides is 1. The van der Waals surface area contributed by atoms with E-state index in [0.29, 0.717) is 34.0 Å². The Kier molecular flexibility index (Phi) is 4.16. The summed E-state index contributed by atoms with van der Waals surface area (Å²) in [6.45, 7) is 1.65. The van der Waals surface area contributed by atoms with Crippen molar-refractivity contribution < 1.29 is 18.3 Å². The third kappa shape index (κ3) is 3.48. The number of piperidine rings is 1. The molecular weight excluding hydrogens is 330 g/mol. The molecule has 130 valence electrons. The topological polar surface area (TPSA) is 113 Å². The monoisotopic (exact) mass is 351 g/mol. The maximum atomic E-state index is 11.7. The van der Waals surface area contributed by atoms with Crippen molar-refractivity contribution in [2.75, 3.05) is 22.7 Å². The van der Waals surface area contributed by atoms with Gasteiger partial charge in [-0.15, -0.1) is 0 Å². The minimum atomic E-state index is -3.79. The molecule has 2 aliphatic rings. The lowest BCUT2D eigenvalue weighted by molar-refractivity contribution is 0.100. The van der Waals surface area contributed by atoms with Gasteiger partial charge >= 0.3 is 0 Å². The Morgan fingerprint density at radius 3 is 2.46 bits per heavy atom. The number of nitrogens with two attached hydrogens (primary N) is 1. The summed E-state index contributed by atoms with van der Waals surface area (Å²) in [7, 11) is -3.79. The molecule has 1 aliphatic heterocycles. The van der Waals surface area contributed by atoms with E-state index in [4.69, 9.17) is 10.8 Å². The summed E-state index contributed by atoms with van der Waals surface area (Å²) in [6.07, 6.45) is 5.16. The Morgan fingerprint density at radius 2 is 1.92 bits per heavy atom. The fourth-order valence-electron chi connectivity index (χ4n) is 3.24. The lowest BCUT2D eigenvalue weighted by Crippen LogP contribution is -2.35. The highest BCUT2D eigenvalue weighted by atomic mass is 32.2. The van der Waals surface area contributed by atoms with Crippen LogP contribution < -0.4 is 15.4 Å². The molecule has 3 rings (SSSR count). The largest absolute Gasteiger partial charge is 0.515 e. The molecule has 1 saturated heterocycles. The molecule has 0 unspecified atom stereocenters. The molecular formula is C16H21N3O4S. The molecule has 1 amide bonds. The Labute approximate surface area is 141 Å². The summed E-state index contributed by atoms with van der Waals surface area (Å²) in [5, 5.41) is 9.30. The van der Waals surface area contributed by atoms with Gasteiger partial charge in [-0.1, -0.05) is 0 Å². The second-order valence-electron chi connectivity index (χ2n) is 6.52. The van der Waals surface area contributed by atoms with Crippen molar-refractivity contribution in [1.29, 1.82) is 0 Å². The van der Waals surface area contributed by atoms with Gasteiger partial charge in [0.25, 0.3) is 15.9 Å². The number of aliphatic hydroxyl groups excluding tert-OH is 1. The van der Waals surface area contributed by atoms with Crippen molar-refractivity contribution in [2.45, 2.75) is 25.7 Å². The van der Waals surface area contributed by atoms with Crippen LogP contribution in [0, 0.1) is 5.41 Å². The quantitative estimate of drug-likeness (QED) is 0.702. The summed E-state index contributed by atoms with van der Waals surface area (Å²) < 4.78 is 25.8. The lowest BCUT2D eigenvalue weighted by atomic mass is 9.93. The number of carbonyl (C=O) groups excluding carboxylic acids is 1. The van der Waals surface area contributed by atoms with Gasteiger partial charge in [0, 0.05) is 13.1 Å². The molecule has 1 aromatic rings. The molecule has 7 nitrogen and oxygen atoms in total. The van der Waals surface area contributed by atoms with E-state index in [0.717, 1.165) is 25.9 Å². The molecule has 0 radical (unpaired) electrons. The summed E-state index contributed by atoms with van der Waals surface area (Å²) >= 11 is 0. The van der Waals surface area contributed by atoms with Gasteiger partial charge in [0.1, 0.15) is 0 Å². The molecule has 0 atom stereocenters. The Hall–Kier alpha value is -2.22. The van der Waals surface area contributed by atoms with Gasteiger partial charge in [0.15, 0.2) is 0 Å². The molecule has 1 saturated carbocycles. The lowest BCUT2D eigenvalue weighted by Gasteiger charge is -2.35. The van der Waals surface area contributed by atoms with Crippen LogP contribution in [0.1, 0.15) is 36.0 Å². The number of nitrogens with zero attached hydrogens (tertiary/aromatic N) is 1. The van der Waals surface area contributed by atoms with E-state index < -0.39 is 15.9 Å². The van der Waals surface area contributed by atoms with E-state index in [2.05, 4.69) is 9.62 Å². The van der Waals surface area contributed by atoms with Gasteiger partial charge in [-0.05, 0) is 49.3 Å². The van der Waals surface area contributed by atoms with Crippen LogP contribution in [0.25, 0.3) is 0 Å². The Bertz CT molecular complexity index is 775. The average molecular weight is 351 g/mol. The summed E-state index contributed by atoms with van der Waals surface area (Å²) in [6, 6.07) is 4.63. The van der Waals surface area contributed by atoms with Crippen molar-refractivity contribution in [3.8, 4) is 0 Å². The van der Waals surface area contributed by atoms with Gasteiger partial charge in [-0.25, -0.2) is 8.42 Å². The highest BCUT2D eigenvalue weighted by Gasteiger charge is 2.44. The first-order valence-corrected chi connectivity index (χ1v) is 9.41. The van der Waals surface area contributed by atoms with E-state index in [1.165, 1.54) is 25.0 Å². The number of nitrogens with one attached hydrogen (secondary N) is 1. The summed E-state index contributed by atoms with van der Waals surface area (Å²) in [5.74, 6) is -0.540. The third-order valence-electron chi connectivity index (χ3n) is 4.89. The average Bonchev–Trinajstić information content (AvgIpc) is 3.26. The van der Waals surface area contributed by atoms with Crippen LogP contribution in [0.15, 0.2) is 29.9 Å². The predicted octanol–water partition coefficient (Wildman–Crippen LogP) is 1.94. The maximum absolute atomic E-state index is 11.7. The number of carbonyl (C=O) groups is 1. The molecule has 0 bridgehead atoms. The van der Waals surface area contributed by atoms with Crippen molar-refractivity contribution in [3.63, 3.8) is 0 Å².